The van der Waals surface area contributed by atoms with Gasteiger partial charge in [-0.25, -0.2) is 0 Å². The summed E-state index contributed by atoms with van der Waals surface area (Å²) in [5.74, 6) is 0. The predicted molar refractivity (Wildman–Crippen MR) is 80.4 cm³/mol. The lowest BCUT2D eigenvalue weighted by Crippen LogP contribution is -1.74. The van der Waals surface area contributed by atoms with E-state index in [1.807, 2.05) is 72.8 Å². The van der Waals surface area contributed by atoms with Crippen LogP contribution in [0.4, 0.5) is 0 Å². The van der Waals surface area contributed by atoms with E-state index in [-0.39, 0.29) is 0 Å². The summed E-state index contributed by atoms with van der Waals surface area (Å²) in [6.07, 6.45) is 0. The van der Waals surface area contributed by atoms with Crippen molar-refractivity contribution < 1.29 is 0 Å². The van der Waals surface area contributed by atoms with E-state index in [4.69, 9.17) is 23.2 Å². The SMILES string of the molecule is Clc1ccc2ccccc2c1Cl.c1ccccc1. The van der Waals surface area contributed by atoms with Gasteiger partial charge in [0.25, 0.3) is 0 Å². The zero-order valence-corrected chi connectivity index (χ0v) is 11.2. The molecule has 0 nitrogen and oxygen atoms in total. The highest BCUT2D eigenvalue weighted by Crippen LogP contribution is 2.30. The van der Waals surface area contributed by atoms with Gasteiger partial charge in [-0.3, -0.25) is 0 Å². The molecule has 0 bridgehead atoms. The van der Waals surface area contributed by atoms with Gasteiger partial charge in [0.2, 0.25) is 0 Å². The van der Waals surface area contributed by atoms with Gasteiger partial charge in [0.05, 0.1) is 10.0 Å². The number of rotatable bonds is 0. The molecule has 0 aliphatic carbocycles. The highest BCUT2D eigenvalue weighted by molar-refractivity contribution is 6.45. The van der Waals surface area contributed by atoms with Crippen molar-refractivity contribution in [1.29, 1.82) is 0 Å². The lowest BCUT2D eigenvalue weighted by atomic mass is 10.1. The molecule has 3 aromatic rings. The van der Waals surface area contributed by atoms with Crippen molar-refractivity contribution in [2.24, 2.45) is 0 Å². The van der Waals surface area contributed by atoms with E-state index >= 15 is 0 Å². The minimum absolute atomic E-state index is 0.607. The first kappa shape index (κ1) is 12.9. The van der Waals surface area contributed by atoms with Crippen LogP contribution in [0.3, 0.4) is 0 Å². The molecule has 0 unspecified atom stereocenters. The molecule has 0 fully saturated rings. The Labute approximate surface area is 117 Å². The normalized spacial score (nSPS) is 9.67. The van der Waals surface area contributed by atoms with Crippen LogP contribution in [0, 0.1) is 0 Å². The van der Waals surface area contributed by atoms with Gasteiger partial charge in [-0.05, 0) is 11.5 Å². The van der Waals surface area contributed by atoms with Crippen molar-refractivity contribution in [3.8, 4) is 0 Å². The van der Waals surface area contributed by atoms with E-state index < -0.39 is 0 Å². The summed E-state index contributed by atoms with van der Waals surface area (Å²) >= 11 is 11.8. The Balaban J connectivity index is 0.000000169. The van der Waals surface area contributed by atoms with Crippen LogP contribution in [0.25, 0.3) is 10.8 Å². The van der Waals surface area contributed by atoms with Crippen LogP contribution < -0.4 is 0 Å². The minimum atomic E-state index is 0.607. The smallest absolute Gasteiger partial charge is 0.0670 e. The second-order valence-corrected chi connectivity index (χ2v) is 4.52. The lowest BCUT2D eigenvalue weighted by Gasteiger charge is -2.00. The molecule has 0 saturated heterocycles. The molecule has 0 aromatic heterocycles. The van der Waals surface area contributed by atoms with Gasteiger partial charge in [-0.2, -0.15) is 0 Å². The van der Waals surface area contributed by atoms with Gasteiger partial charge in [0.15, 0.2) is 0 Å². The van der Waals surface area contributed by atoms with E-state index in [2.05, 4.69) is 0 Å². The molecule has 3 aromatic carbocycles. The fourth-order valence-corrected chi connectivity index (χ4v) is 1.99. The largest absolute Gasteiger partial charge is 0.0827 e. The third-order valence-electron chi connectivity index (χ3n) is 2.48. The monoisotopic (exact) mass is 274 g/mol. The molecule has 0 heterocycles. The molecular weight excluding hydrogens is 263 g/mol. The second-order valence-electron chi connectivity index (χ2n) is 3.74. The first-order valence-electron chi connectivity index (χ1n) is 5.62. The fraction of sp³-hybridized carbons (Fsp3) is 0. The summed E-state index contributed by atoms with van der Waals surface area (Å²) in [5.41, 5.74) is 0. The van der Waals surface area contributed by atoms with E-state index in [1.165, 1.54) is 0 Å². The second kappa shape index (κ2) is 6.44. The third kappa shape index (κ3) is 3.25. The van der Waals surface area contributed by atoms with E-state index in [1.54, 1.807) is 0 Å². The molecule has 0 atom stereocenters. The van der Waals surface area contributed by atoms with Gasteiger partial charge >= 0.3 is 0 Å². The summed E-state index contributed by atoms with van der Waals surface area (Å²) in [6.45, 7) is 0. The van der Waals surface area contributed by atoms with Crippen molar-refractivity contribution in [3.05, 3.63) is 82.8 Å². The molecule has 90 valence electrons. The molecular formula is C16H12Cl2. The summed E-state index contributed by atoms with van der Waals surface area (Å²) < 4.78 is 0. The minimum Gasteiger partial charge on any atom is -0.0827 e. The molecule has 2 heteroatoms. The predicted octanol–water partition coefficient (Wildman–Crippen LogP) is 5.83. The van der Waals surface area contributed by atoms with Crippen LogP contribution in [-0.2, 0) is 0 Å². The number of benzene rings is 3. The van der Waals surface area contributed by atoms with Crippen LogP contribution in [0.1, 0.15) is 0 Å². The summed E-state index contributed by atoms with van der Waals surface area (Å²) in [4.78, 5) is 0. The van der Waals surface area contributed by atoms with Crippen LogP contribution in [0.15, 0.2) is 72.8 Å². The Morgan fingerprint density at radius 1 is 0.556 bits per heavy atom. The maximum Gasteiger partial charge on any atom is 0.0670 e. The Morgan fingerprint density at radius 2 is 1.11 bits per heavy atom. The van der Waals surface area contributed by atoms with Crippen molar-refractivity contribution in [3.63, 3.8) is 0 Å². The first-order valence-corrected chi connectivity index (χ1v) is 6.37. The average molecular weight is 275 g/mol. The van der Waals surface area contributed by atoms with E-state index in [0.717, 1.165) is 10.8 Å². The Bertz CT molecular complexity index is 592. The van der Waals surface area contributed by atoms with Crippen molar-refractivity contribution in [2.75, 3.05) is 0 Å². The van der Waals surface area contributed by atoms with Crippen molar-refractivity contribution in [1.82, 2.24) is 0 Å². The zero-order valence-electron chi connectivity index (χ0n) is 9.68. The number of hydrogen-bond acceptors (Lipinski definition) is 0. The van der Waals surface area contributed by atoms with E-state index in [9.17, 15) is 0 Å². The third-order valence-corrected chi connectivity index (χ3v) is 3.30. The van der Waals surface area contributed by atoms with Crippen LogP contribution >= 0.6 is 23.2 Å². The van der Waals surface area contributed by atoms with Gasteiger partial charge in [0.1, 0.15) is 0 Å². The number of hydrogen-bond donors (Lipinski definition) is 0. The molecule has 18 heavy (non-hydrogen) atoms. The highest BCUT2D eigenvalue weighted by Gasteiger charge is 2.01. The molecule has 0 radical (unpaired) electrons. The molecule has 0 amide bonds. The molecule has 0 N–H and O–H groups in total. The quantitative estimate of drug-likeness (QED) is 0.484. The maximum atomic E-state index is 5.99. The van der Waals surface area contributed by atoms with Crippen LogP contribution in [0.2, 0.25) is 10.0 Å². The van der Waals surface area contributed by atoms with Gasteiger partial charge < -0.3 is 0 Å². The fourth-order valence-electron chi connectivity index (χ4n) is 1.59. The molecule has 0 spiro atoms. The molecule has 3 rings (SSSR count). The van der Waals surface area contributed by atoms with Crippen LogP contribution in [-0.4, -0.2) is 0 Å². The van der Waals surface area contributed by atoms with Crippen LogP contribution in [0.5, 0.6) is 0 Å². The molecule has 0 aliphatic rings. The summed E-state index contributed by atoms with van der Waals surface area (Å²) in [5, 5.41) is 3.36. The Hall–Kier alpha value is -1.50. The first-order chi connectivity index (χ1) is 8.79. The Morgan fingerprint density at radius 3 is 1.72 bits per heavy atom. The number of halogens is 2. The summed E-state index contributed by atoms with van der Waals surface area (Å²) in [6, 6.07) is 23.7. The maximum absolute atomic E-state index is 5.99. The van der Waals surface area contributed by atoms with Gasteiger partial charge in [-0.1, -0.05) is 89.9 Å². The van der Waals surface area contributed by atoms with Crippen molar-refractivity contribution >= 4 is 34.0 Å². The molecule has 0 aliphatic heterocycles. The zero-order chi connectivity index (χ0) is 12.8. The van der Waals surface area contributed by atoms with Crippen molar-refractivity contribution in [2.45, 2.75) is 0 Å². The average Bonchev–Trinajstić information content (AvgIpc) is 2.46. The molecule has 0 saturated carbocycles. The Kier molecular flexibility index (Phi) is 4.63. The summed E-state index contributed by atoms with van der Waals surface area (Å²) in [7, 11) is 0. The standard InChI is InChI=1S/C10H6Cl2.C6H6/c11-9-6-5-7-3-1-2-4-8(7)10(9)12;1-2-4-6-5-3-1/h1-6H;1-6H. The highest BCUT2D eigenvalue weighted by atomic mass is 35.5. The van der Waals surface area contributed by atoms with Gasteiger partial charge in [0, 0.05) is 5.39 Å². The number of fused-ring (bicyclic) bond motifs is 1. The topological polar surface area (TPSA) is 0 Å². The van der Waals surface area contributed by atoms with E-state index in [0.29, 0.717) is 10.0 Å². The van der Waals surface area contributed by atoms with Gasteiger partial charge in [-0.15, -0.1) is 0 Å². The lowest BCUT2D eigenvalue weighted by molar-refractivity contribution is 1.72.